The van der Waals surface area contributed by atoms with Gasteiger partial charge in [0.15, 0.2) is 0 Å². The van der Waals surface area contributed by atoms with Crippen LogP contribution in [0.15, 0.2) is 39.5 Å². The SMILES string of the molecule is C=NC(N)=NC(=C)C(=C)N=CCC. The van der Waals surface area contributed by atoms with Crippen LogP contribution in [0.4, 0.5) is 0 Å². The van der Waals surface area contributed by atoms with E-state index in [1.54, 1.807) is 6.21 Å². The van der Waals surface area contributed by atoms with Crippen molar-refractivity contribution in [2.75, 3.05) is 0 Å². The Hall–Kier alpha value is -1.71. The van der Waals surface area contributed by atoms with Gasteiger partial charge in [0.2, 0.25) is 5.96 Å². The average Bonchev–Trinajstić information content (AvgIpc) is 2.13. The molecule has 13 heavy (non-hydrogen) atoms. The largest absolute Gasteiger partial charge is 0.368 e. The Morgan fingerprint density at radius 1 is 1.38 bits per heavy atom. The van der Waals surface area contributed by atoms with Crippen LogP contribution in [0.1, 0.15) is 13.3 Å². The topological polar surface area (TPSA) is 63.1 Å². The van der Waals surface area contributed by atoms with Crippen molar-refractivity contribution >= 4 is 18.9 Å². The van der Waals surface area contributed by atoms with Crippen molar-refractivity contribution in [3.05, 3.63) is 24.6 Å². The molecular formula is C9H14N4. The van der Waals surface area contributed by atoms with Crippen LogP contribution in [-0.2, 0) is 0 Å². The van der Waals surface area contributed by atoms with E-state index in [1.807, 2.05) is 6.92 Å². The third kappa shape index (κ3) is 4.68. The highest BCUT2D eigenvalue weighted by atomic mass is 15.0. The molecule has 0 bridgehead atoms. The van der Waals surface area contributed by atoms with E-state index in [4.69, 9.17) is 5.73 Å². The Kier molecular flexibility index (Phi) is 5.11. The Balaban J connectivity index is 4.36. The maximum atomic E-state index is 5.31. The number of hydrogen-bond acceptors (Lipinski definition) is 2. The zero-order valence-corrected chi connectivity index (χ0v) is 7.82. The molecule has 0 unspecified atom stereocenters. The molecule has 0 heterocycles. The quantitative estimate of drug-likeness (QED) is 0.396. The van der Waals surface area contributed by atoms with Gasteiger partial charge in [-0.05, 0) is 13.1 Å². The molecular weight excluding hydrogens is 164 g/mol. The molecule has 0 saturated carbocycles. The van der Waals surface area contributed by atoms with Gasteiger partial charge in [-0.25, -0.2) is 9.98 Å². The van der Waals surface area contributed by atoms with E-state index in [0.29, 0.717) is 11.4 Å². The van der Waals surface area contributed by atoms with E-state index >= 15 is 0 Å². The molecule has 0 amide bonds. The van der Waals surface area contributed by atoms with Crippen LogP contribution in [0.25, 0.3) is 0 Å². The fourth-order valence-electron chi connectivity index (χ4n) is 0.514. The zero-order chi connectivity index (χ0) is 10.3. The van der Waals surface area contributed by atoms with Crippen molar-refractivity contribution in [1.29, 1.82) is 0 Å². The first-order valence-corrected chi connectivity index (χ1v) is 3.83. The molecule has 0 radical (unpaired) electrons. The first-order chi connectivity index (χ1) is 6.11. The molecule has 0 aromatic rings. The molecule has 70 valence electrons. The van der Waals surface area contributed by atoms with Gasteiger partial charge in [0, 0.05) is 6.21 Å². The summed E-state index contributed by atoms with van der Waals surface area (Å²) < 4.78 is 0. The highest BCUT2D eigenvalue weighted by Crippen LogP contribution is 2.07. The molecule has 0 rings (SSSR count). The van der Waals surface area contributed by atoms with Crippen LogP contribution in [0.2, 0.25) is 0 Å². The van der Waals surface area contributed by atoms with Gasteiger partial charge >= 0.3 is 0 Å². The summed E-state index contributed by atoms with van der Waals surface area (Å²) >= 11 is 0. The Morgan fingerprint density at radius 3 is 2.46 bits per heavy atom. The number of guanidine groups is 1. The summed E-state index contributed by atoms with van der Waals surface area (Å²) in [6.45, 7) is 12.5. The van der Waals surface area contributed by atoms with Gasteiger partial charge in [0.25, 0.3) is 0 Å². The highest BCUT2D eigenvalue weighted by molar-refractivity contribution is 5.83. The second kappa shape index (κ2) is 5.88. The van der Waals surface area contributed by atoms with Gasteiger partial charge in [-0.1, -0.05) is 20.1 Å². The van der Waals surface area contributed by atoms with Crippen molar-refractivity contribution in [2.45, 2.75) is 13.3 Å². The highest BCUT2D eigenvalue weighted by Gasteiger charge is 1.95. The van der Waals surface area contributed by atoms with Crippen LogP contribution in [0, 0.1) is 0 Å². The van der Waals surface area contributed by atoms with Gasteiger partial charge in [-0.2, -0.15) is 0 Å². The third-order valence-electron chi connectivity index (χ3n) is 1.17. The number of nitrogens with zero attached hydrogens (tertiary/aromatic N) is 3. The van der Waals surface area contributed by atoms with Gasteiger partial charge in [0.1, 0.15) is 0 Å². The van der Waals surface area contributed by atoms with Crippen LogP contribution in [0.3, 0.4) is 0 Å². The van der Waals surface area contributed by atoms with Crippen LogP contribution in [-0.4, -0.2) is 18.9 Å². The molecule has 4 heteroatoms. The van der Waals surface area contributed by atoms with Crippen LogP contribution in [0.5, 0.6) is 0 Å². The fourth-order valence-corrected chi connectivity index (χ4v) is 0.514. The lowest BCUT2D eigenvalue weighted by Gasteiger charge is -1.97. The molecule has 0 saturated heterocycles. The van der Waals surface area contributed by atoms with Gasteiger partial charge in [-0.15, -0.1) is 0 Å². The predicted octanol–water partition coefficient (Wildman–Crippen LogP) is 1.51. The first kappa shape index (κ1) is 11.3. The third-order valence-corrected chi connectivity index (χ3v) is 1.17. The van der Waals surface area contributed by atoms with E-state index in [1.165, 1.54) is 0 Å². The summed E-state index contributed by atoms with van der Waals surface area (Å²) in [4.78, 5) is 11.2. The fraction of sp³-hybridized carbons (Fsp3) is 0.222. The van der Waals surface area contributed by atoms with E-state index in [2.05, 4.69) is 34.9 Å². The van der Waals surface area contributed by atoms with Gasteiger partial charge in [-0.3, -0.25) is 4.99 Å². The number of nitrogens with two attached hydrogens (primary N) is 1. The second-order valence-electron chi connectivity index (χ2n) is 2.24. The van der Waals surface area contributed by atoms with E-state index in [-0.39, 0.29) is 5.96 Å². The molecule has 0 aliphatic carbocycles. The van der Waals surface area contributed by atoms with Gasteiger partial charge in [0.05, 0.1) is 11.4 Å². The summed E-state index contributed by atoms with van der Waals surface area (Å²) in [6.07, 6.45) is 2.56. The molecule has 0 atom stereocenters. The second-order valence-corrected chi connectivity index (χ2v) is 2.24. The summed E-state index contributed by atoms with van der Waals surface area (Å²) in [7, 11) is 0. The summed E-state index contributed by atoms with van der Waals surface area (Å²) in [5, 5.41) is 0. The van der Waals surface area contributed by atoms with Crippen molar-refractivity contribution in [1.82, 2.24) is 0 Å². The number of aliphatic imine (C=N–C) groups is 3. The standard InChI is InChI=1S/C9H14N4/c1-5-6-12-7(2)8(3)13-9(10)11-4/h6H,2-5H2,1H3,(H2,10,13). The first-order valence-electron chi connectivity index (χ1n) is 3.83. The summed E-state index contributed by atoms with van der Waals surface area (Å²) in [5.41, 5.74) is 6.19. The van der Waals surface area contributed by atoms with Gasteiger partial charge < -0.3 is 5.73 Å². The Bertz CT molecular complexity index is 273. The molecule has 2 N–H and O–H groups in total. The van der Waals surface area contributed by atoms with Crippen molar-refractivity contribution < 1.29 is 0 Å². The normalized spacial score (nSPS) is 11.6. The van der Waals surface area contributed by atoms with E-state index < -0.39 is 0 Å². The van der Waals surface area contributed by atoms with E-state index in [0.717, 1.165) is 6.42 Å². The molecule has 0 aromatic carbocycles. The molecule has 0 spiro atoms. The minimum Gasteiger partial charge on any atom is -0.368 e. The lowest BCUT2D eigenvalue weighted by Crippen LogP contribution is -2.07. The minimum absolute atomic E-state index is 0.0675. The van der Waals surface area contributed by atoms with Crippen molar-refractivity contribution in [3.63, 3.8) is 0 Å². The molecule has 0 aliphatic heterocycles. The Labute approximate surface area is 78.3 Å². The maximum absolute atomic E-state index is 5.31. The van der Waals surface area contributed by atoms with E-state index in [9.17, 15) is 0 Å². The van der Waals surface area contributed by atoms with Crippen LogP contribution >= 0.6 is 0 Å². The Morgan fingerprint density at radius 2 is 2.00 bits per heavy atom. The zero-order valence-electron chi connectivity index (χ0n) is 7.82. The smallest absolute Gasteiger partial charge is 0.219 e. The predicted molar refractivity (Wildman–Crippen MR) is 58.2 cm³/mol. The number of rotatable bonds is 4. The average molecular weight is 178 g/mol. The molecule has 0 aromatic heterocycles. The minimum atomic E-state index is 0.0675. The lowest BCUT2D eigenvalue weighted by molar-refractivity contribution is 1.22. The lowest BCUT2D eigenvalue weighted by atomic mass is 10.4. The van der Waals surface area contributed by atoms with Crippen LogP contribution < -0.4 is 5.73 Å². The molecule has 4 nitrogen and oxygen atoms in total. The summed E-state index contributed by atoms with van der Waals surface area (Å²) in [6, 6.07) is 0. The molecule has 0 aliphatic rings. The molecule has 0 fully saturated rings. The summed E-state index contributed by atoms with van der Waals surface area (Å²) in [5.74, 6) is 0.0675. The maximum Gasteiger partial charge on any atom is 0.219 e. The number of hydrogen-bond donors (Lipinski definition) is 1. The van der Waals surface area contributed by atoms with Crippen molar-refractivity contribution in [3.8, 4) is 0 Å². The van der Waals surface area contributed by atoms with Crippen molar-refractivity contribution in [2.24, 2.45) is 20.7 Å². The monoisotopic (exact) mass is 178 g/mol.